The van der Waals surface area contributed by atoms with Crippen LogP contribution in [0, 0.1) is 0 Å². The van der Waals surface area contributed by atoms with Crippen LogP contribution in [0.4, 0.5) is 0 Å². The van der Waals surface area contributed by atoms with E-state index in [0.717, 1.165) is 78.0 Å². The van der Waals surface area contributed by atoms with Gasteiger partial charge in [-0.2, -0.15) is 0 Å². The van der Waals surface area contributed by atoms with Crippen LogP contribution in [0.5, 0.6) is 5.75 Å². The summed E-state index contributed by atoms with van der Waals surface area (Å²) in [7, 11) is 0. The number of fused-ring (bicyclic) bond motifs is 1. The van der Waals surface area contributed by atoms with Gasteiger partial charge in [0.25, 0.3) is 0 Å². The number of rotatable bonds is 6. The summed E-state index contributed by atoms with van der Waals surface area (Å²) in [6.07, 6.45) is 1.92. The monoisotopic (exact) mass is 872 g/mol. The topological polar surface area (TPSA) is 50.9 Å². The van der Waals surface area contributed by atoms with E-state index in [1.165, 1.54) is 16.7 Å². The van der Waals surface area contributed by atoms with Crippen molar-refractivity contribution in [2.45, 2.75) is 131 Å². The van der Waals surface area contributed by atoms with Crippen LogP contribution in [0.3, 0.4) is 0 Å². The summed E-state index contributed by atoms with van der Waals surface area (Å²) in [5.74, 6) is 0.983. The first-order valence-electron chi connectivity index (χ1n) is 23.6. The van der Waals surface area contributed by atoms with E-state index in [9.17, 15) is 5.11 Å². The highest BCUT2D eigenvalue weighted by Gasteiger charge is 2.31. The molecule has 2 heterocycles. The molecule has 1 N–H and O–H groups in total. The van der Waals surface area contributed by atoms with Crippen LogP contribution in [0.25, 0.3) is 72.7 Å². The molecular formula is C62H69N3O. The van der Waals surface area contributed by atoms with Crippen molar-refractivity contribution in [1.29, 1.82) is 0 Å². The molecule has 0 saturated carbocycles. The van der Waals surface area contributed by atoms with E-state index in [-0.39, 0.29) is 32.8 Å². The number of imidazole rings is 1. The fraction of sp³-hybridized carbons (Fsp3) is 0.323. The molecule has 0 amide bonds. The van der Waals surface area contributed by atoms with Gasteiger partial charge in [0.15, 0.2) is 0 Å². The van der Waals surface area contributed by atoms with Crippen molar-refractivity contribution in [3.8, 4) is 67.5 Å². The number of nitrogens with zero attached hydrogens (tertiary/aromatic N) is 3. The van der Waals surface area contributed by atoms with Crippen LogP contribution >= 0.6 is 0 Å². The van der Waals surface area contributed by atoms with E-state index in [1.807, 2.05) is 6.20 Å². The van der Waals surface area contributed by atoms with Crippen molar-refractivity contribution < 1.29 is 5.11 Å². The minimum Gasteiger partial charge on any atom is -0.507 e. The van der Waals surface area contributed by atoms with Crippen molar-refractivity contribution in [2.24, 2.45) is 0 Å². The molecule has 0 fully saturated rings. The molecule has 8 rings (SSSR count). The zero-order valence-electron chi connectivity index (χ0n) is 42.1. The van der Waals surface area contributed by atoms with Gasteiger partial charge in [0, 0.05) is 22.9 Å². The highest BCUT2D eigenvalue weighted by Crippen LogP contribution is 2.46. The summed E-state index contributed by atoms with van der Waals surface area (Å²) in [6.45, 7) is 33.7. The number of phenolic OH excluding ortho intramolecular Hbond substituents is 1. The highest BCUT2D eigenvalue weighted by molar-refractivity contribution is 5.98. The Kier molecular flexibility index (Phi) is 11.6. The first-order valence-corrected chi connectivity index (χ1v) is 23.6. The second-order valence-corrected chi connectivity index (χ2v) is 23.5. The number of aromatic hydroxyl groups is 1. The van der Waals surface area contributed by atoms with Crippen LogP contribution < -0.4 is 0 Å². The first kappa shape index (κ1) is 46.3. The lowest BCUT2D eigenvalue weighted by Crippen LogP contribution is -2.19. The summed E-state index contributed by atoms with van der Waals surface area (Å²) in [5, 5.41) is 12.5. The zero-order chi connectivity index (χ0) is 47.7. The number of hydrogen-bond acceptors (Lipinski definition) is 3. The number of pyridine rings is 1. The molecule has 0 spiro atoms. The first-order chi connectivity index (χ1) is 30.8. The van der Waals surface area contributed by atoms with Gasteiger partial charge in [0.05, 0.1) is 28.0 Å². The Bertz CT molecular complexity index is 3080. The van der Waals surface area contributed by atoms with E-state index in [0.29, 0.717) is 5.82 Å². The van der Waals surface area contributed by atoms with Crippen molar-refractivity contribution in [3.63, 3.8) is 0 Å². The molecular weight excluding hydrogens is 803 g/mol. The SMILES string of the molecule is CC(C)(C)c1ccc(-c2ccnc(-c3cc(-c4ccccc4)cc(-c4cccc5c4nc(-c4cc(C(C)(C)C)cc(C(C)(C)C)c4O)n5-c4ccc(C(C)(C)C)cc4C(C)(C)C)c3)c2)cc1. The lowest BCUT2D eigenvalue weighted by atomic mass is 9.78. The summed E-state index contributed by atoms with van der Waals surface area (Å²) in [6, 6.07) is 48.5. The van der Waals surface area contributed by atoms with E-state index >= 15 is 0 Å². The van der Waals surface area contributed by atoms with Crippen LogP contribution in [-0.4, -0.2) is 19.6 Å². The van der Waals surface area contributed by atoms with Gasteiger partial charge in [-0.25, -0.2) is 4.98 Å². The second kappa shape index (κ2) is 16.6. The maximum atomic E-state index is 12.5. The van der Waals surface area contributed by atoms with E-state index < -0.39 is 0 Å². The number of hydrogen-bond donors (Lipinski definition) is 1. The predicted octanol–water partition coefficient (Wildman–Crippen LogP) is 16.9. The minimum atomic E-state index is -0.317. The molecule has 0 saturated heterocycles. The molecule has 2 aromatic heterocycles. The number of phenols is 1. The number of benzene rings is 6. The Labute approximate surface area is 394 Å². The largest absolute Gasteiger partial charge is 0.507 e. The van der Waals surface area contributed by atoms with Gasteiger partial charge in [0.2, 0.25) is 0 Å². The van der Waals surface area contributed by atoms with Crippen LogP contribution in [0.1, 0.15) is 132 Å². The fourth-order valence-electron chi connectivity index (χ4n) is 9.02. The lowest BCUT2D eigenvalue weighted by Gasteiger charge is -2.29. The molecule has 6 aromatic carbocycles. The van der Waals surface area contributed by atoms with Gasteiger partial charge in [-0.15, -0.1) is 0 Å². The van der Waals surface area contributed by atoms with Crippen LogP contribution in [-0.2, 0) is 27.1 Å². The number of aromatic nitrogens is 3. The average Bonchev–Trinajstić information content (AvgIpc) is 3.64. The summed E-state index contributed by atoms with van der Waals surface area (Å²) in [4.78, 5) is 10.7. The molecule has 66 heavy (non-hydrogen) atoms. The Morgan fingerprint density at radius 1 is 0.409 bits per heavy atom. The summed E-state index contributed by atoms with van der Waals surface area (Å²) >= 11 is 0. The Balaban J connectivity index is 1.43. The smallest absolute Gasteiger partial charge is 0.149 e. The molecule has 4 nitrogen and oxygen atoms in total. The number of para-hydroxylation sites is 1. The van der Waals surface area contributed by atoms with Crippen molar-refractivity contribution in [2.75, 3.05) is 0 Å². The van der Waals surface area contributed by atoms with Gasteiger partial charge in [-0.05, 0) is 126 Å². The van der Waals surface area contributed by atoms with Gasteiger partial charge < -0.3 is 5.11 Å². The Morgan fingerprint density at radius 2 is 0.985 bits per heavy atom. The van der Waals surface area contributed by atoms with Gasteiger partial charge >= 0.3 is 0 Å². The van der Waals surface area contributed by atoms with Crippen molar-refractivity contribution in [1.82, 2.24) is 14.5 Å². The standard InChI is InChI=1S/C62H69N3O/c1-58(2,3)45-26-24-40(25-27-45)41-30-31-63-52(35-41)44-33-42(39-20-17-16-18-21-39)32-43(34-44)48-22-19-23-54-55(48)64-57(49-36-47(60(7,8)9)38-51(56(49)66)62(13,14)15)65(54)53-29-28-46(59(4,5)6)37-50(53)61(10,11)12/h16-38,66H,1-15H3. The van der Waals surface area contributed by atoms with E-state index in [4.69, 9.17) is 9.97 Å². The van der Waals surface area contributed by atoms with Gasteiger partial charge in [-0.3, -0.25) is 9.55 Å². The third-order valence-electron chi connectivity index (χ3n) is 13.1. The molecule has 0 atom stereocenters. The highest BCUT2D eigenvalue weighted by atomic mass is 16.3. The Morgan fingerprint density at radius 3 is 1.61 bits per heavy atom. The lowest BCUT2D eigenvalue weighted by molar-refractivity contribution is 0.446. The second-order valence-electron chi connectivity index (χ2n) is 23.5. The van der Waals surface area contributed by atoms with Crippen molar-refractivity contribution >= 4 is 11.0 Å². The van der Waals surface area contributed by atoms with Crippen LogP contribution in [0.15, 0.2) is 140 Å². The minimum absolute atomic E-state index is 0.0425. The maximum absolute atomic E-state index is 12.5. The third kappa shape index (κ3) is 9.12. The predicted molar refractivity (Wildman–Crippen MR) is 281 cm³/mol. The maximum Gasteiger partial charge on any atom is 0.149 e. The zero-order valence-corrected chi connectivity index (χ0v) is 42.1. The third-order valence-corrected chi connectivity index (χ3v) is 13.1. The summed E-state index contributed by atoms with van der Waals surface area (Å²) < 4.78 is 2.32. The fourth-order valence-corrected chi connectivity index (χ4v) is 9.02. The molecule has 338 valence electrons. The van der Waals surface area contributed by atoms with Gasteiger partial charge in [-0.1, -0.05) is 189 Å². The Hall–Kier alpha value is -6.26. The van der Waals surface area contributed by atoms with Gasteiger partial charge in [0.1, 0.15) is 11.6 Å². The molecule has 4 heteroatoms. The molecule has 0 aliphatic carbocycles. The molecule has 0 aliphatic rings. The van der Waals surface area contributed by atoms with Crippen LogP contribution in [0.2, 0.25) is 0 Å². The normalized spacial score (nSPS) is 12.8. The quantitative estimate of drug-likeness (QED) is 0.181. The molecule has 0 aliphatic heterocycles. The van der Waals surface area contributed by atoms with E-state index in [1.54, 1.807) is 0 Å². The van der Waals surface area contributed by atoms with E-state index in [2.05, 4.69) is 242 Å². The average molecular weight is 872 g/mol. The van der Waals surface area contributed by atoms with Crippen molar-refractivity contribution in [3.05, 3.63) is 167 Å². The molecule has 0 bridgehead atoms. The molecule has 0 unspecified atom stereocenters. The summed E-state index contributed by atoms with van der Waals surface area (Å²) in [5.41, 5.74) is 17.3. The molecule has 0 radical (unpaired) electrons. The molecule has 8 aromatic rings.